The van der Waals surface area contributed by atoms with Crippen LogP contribution in [0.4, 0.5) is 5.13 Å². The summed E-state index contributed by atoms with van der Waals surface area (Å²) < 4.78 is 0. The van der Waals surface area contributed by atoms with E-state index in [0.29, 0.717) is 17.5 Å². The van der Waals surface area contributed by atoms with Gasteiger partial charge in [-0.05, 0) is 31.7 Å². The highest BCUT2D eigenvalue weighted by molar-refractivity contribution is 7.15. The summed E-state index contributed by atoms with van der Waals surface area (Å²) in [5.41, 5.74) is 5.66. The molecule has 1 unspecified atom stereocenters. The van der Waals surface area contributed by atoms with E-state index in [1.54, 1.807) is 11.3 Å². The van der Waals surface area contributed by atoms with Crippen LogP contribution < -0.4 is 11.1 Å². The third-order valence-electron chi connectivity index (χ3n) is 3.62. The van der Waals surface area contributed by atoms with Crippen molar-refractivity contribution in [2.45, 2.75) is 39.2 Å². The van der Waals surface area contributed by atoms with E-state index < -0.39 is 0 Å². The second kappa shape index (κ2) is 7.59. The summed E-state index contributed by atoms with van der Waals surface area (Å²) in [5, 5.41) is 3.69. The predicted octanol–water partition coefficient (Wildman–Crippen LogP) is 1.85. The number of thiazole rings is 1. The lowest BCUT2D eigenvalue weighted by atomic mass is 9.98. The maximum Gasteiger partial charge on any atom is 0.219 e. The van der Waals surface area contributed by atoms with Crippen LogP contribution in [0.3, 0.4) is 0 Å². The van der Waals surface area contributed by atoms with Gasteiger partial charge in [0.05, 0.1) is 0 Å². The van der Waals surface area contributed by atoms with Crippen LogP contribution in [-0.2, 0) is 11.3 Å². The Balaban J connectivity index is 1.75. The van der Waals surface area contributed by atoms with Gasteiger partial charge in [0.25, 0.3) is 0 Å². The van der Waals surface area contributed by atoms with Crippen LogP contribution in [0.15, 0.2) is 6.20 Å². The SMILES string of the molecule is CCCC(=O)NCC1CCCN(Cc2cnc(N)s2)C1. The van der Waals surface area contributed by atoms with Gasteiger partial charge in [-0.15, -0.1) is 11.3 Å². The van der Waals surface area contributed by atoms with E-state index in [1.165, 1.54) is 17.7 Å². The van der Waals surface area contributed by atoms with Crippen molar-refractivity contribution in [2.75, 3.05) is 25.4 Å². The smallest absolute Gasteiger partial charge is 0.219 e. The molecule has 1 aromatic heterocycles. The first kappa shape index (κ1) is 15.3. The number of nitrogen functional groups attached to an aromatic ring is 1. The molecular weight excluding hydrogens is 272 g/mol. The molecule has 1 fully saturated rings. The number of carbonyl (C=O) groups excluding carboxylic acids is 1. The minimum Gasteiger partial charge on any atom is -0.375 e. The molecule has 112 valence electrons. The van der Waals surface area contributed by atoms with Crippen LogP contribution in [0, 0.1) is 5.92 Å². The molecule has 20 heavy (non-hydrogen) atoms. The zero-order chi connectivity index (χ0) is 14.4. The van der Waals surface area contributed by atoms with Gasteiger partial charge in [0.2, 0.25) is 5.91 Å². The molecule has 1 atom stereocenters. The molecule has 1 aliphatic heterocycles. The lowest BCUT2D eigenvalue weighted by molar-refractivity contribution is -0.121. The van der Waals surface area contributed by atoms with Gasteiger partial charge in [-0.3, -0.25) is 9.69 Å². The molecule has 5 nitrogen and oxygen atoms in total. The molecule has 3 N–H and O–H groups in total. The van der Waals surface area contributed by atoms with Gasteiger partial charge in [0.15, 0.2) is 5.13 Å². The van der Waals surface area contributed by atoms with E-state index in [-0.39, 0.29) is 5.91 Å². The number of hydrogen-bond acceptors (Lipinski definition) is 5. The standard InChI is InChI=1S/C14H24N4OS/c1-2-4-13(19)16-7-11-5-3-6-18(9-11)10-12-8-17-14(15)20-12/h8,11H,2-7,9-10H2,1H3,(H2,15,17)(H,16,19). The summed E-state index contributed by atoms with van der Waals surface area (Å²) in [6.07, 6.45) is 5.81. The molecular formula is C14H24N4OS. The topological polar surface area (TPSA) is 71.2 Å². The number of piperidine rings is 1. The second-order valence-corrected chi connectivity index (χ2v) is 6.61. The van der Waals surface area contributed by atoms with Gasteiger partial charge in [0, 0.05) is 37.1 Å². The Morgan fingerprint density at radius 3 is 3.20 bits per heavy atom. The lowest BCUT2D eigenvalue weighted by Gasteiger charge is -2.32. The summed E-state index contributed by atoms with van der Waals surface area (Å²) in [7, 11) is 0. The maximum atomic E-state index is 11.5. The average molecular weight is 296 g/mol. The molecule has 0 bridgehead atoms. The normalized spacial score (nSPS) is 19.9. The Labute approximate surface area is 124 Å². The van der Waals surface area contributed by atoms with Crippen molar-refractivity contribution < 1.29 is 4.79 Å². The number of nitrogens with zero attached hydrogens (tertiary/aromatic N) is 2. The summed E-state index contributed by atoms with van der Waals surface area (Å²) in [6, 6.07) is 0. The van der Waals surface area contributed by atoms with Crippen LogP contribution in [0.25, 0.3) is 0 Å². The van der Waals surface area contributed by atoms with E-state index in [2.05, 4.69) is 15.2 Å². The van der Waals surface area contributed by atoms with E-state index in [9.17, 15) is 4.79 Å². The minimum atomic E-state index is 0.180. The zero-order valence-corrected chi connectivity index (χ0v) is 12.9. The van der Waals surface area contributed by atoms with Gasteiger partial charge in [0.1, 0.15) is 0 Å². The van der Waals surface area contributed by atoms with Gasteiger partial charge < -0.3 is 11.1 Å². The number of anilines is 1. The zero-order valence-electron chi connectivity index (χ0n) is 12.1. The summed E-state index contributed by atoms with van der Waals surface area (Å²) >= 11 is 1.56. The molecule has 0 aromatic carbocycles. The van der Waals surface area contributed by atoms with E-state index in [0.717, 1.165) is 32.6 Å². The van der Waals surface area contributed by atoms with Crippen molar-refractivity contribution >= 4 is 22.4 Å². The number of likely N-dealkylation sites (tertiary alicyclic amines) is 1. The first-order valence-electron chi connectivity index (χ1n) is 7.36. The minimum absolute atomic E-state index is 0.180. The molecule has 0 spiro atoms. The van der Waals surface area contributed by atoms with Crippen LogP contribution in [0.1, 0.15) is 37.5 Å². The monoisotopic (exact) mass is 296 g/mol. The van der Waals surface area contributed by atoms with Crippen molar-refractivity contribution in [1.82, 2.24) is 15.2 Å². The molecule has 1 amide bonds. The maximum absolute atomic E-state index is 11.5. The van der Waals surface area contributed by atoms with Crippen molar-refractivity contribution in [1.29, 1.82) is 0 Å². The molecule has 0 radical (unpaired) electrons. The van der Waals surface area contributed by atoms with E-state index >= 15 is 0 Å². The van der Waals surface area contributed by atoms with Crippen molar-refractivity contribution in [3.05, 3.63) is 11.1 Å². The highest BCUT2D eigenvalue weighted by Crippen LogP contribution is 2.21. The summed E-state index contributed by atoms with van der Waals surface area (Å²) in [4.78, 5) is 19.3. The lowest BCUT2D eigenvalue weighted by Crippen LogP contribution is -2.40. The fraction of sp³-hybridized carbons (Fsp3) is 0.714. The summed E-state index contributed by atoms with van der Waals surface area (Å²) in [6.45, 7) is 5.93. The van der Waals surface area contributed by atoms with Gasteiger partial charge >= 0.3 is 0 Å². The van der Waals surface area contributed by atoms with Crippen LogP contribution in [0.2, 0.25) is 0 Å². The number of nitrogens with one attached hydrogen (secondary N) is 1. The largest absolute Gasteiger partial charge is 0.375 e. The third-order valence-corrected chi connectivity index (χ3v) is 4.43. The number of nitrogens with two attached hydrogens (primary N) is 1. The van der Waals surface area contributed by atoms with Crippen molar-refractivity contribution in [2.24, 2.45) is 5.92 Å². The molecule has 1 saturated heterocycles. The number of carbonyl (C=O) groups is 1. The Morgan fingerprint density at radius 2 is 2.50 bits per heavy atom. The fourth-order valence-electron chi connectivity index (χ4n) is 2.65. The molecule has 0 saturated carbocycles. The number of aromatic nitrogens is 1. The first-order chi connectivity index (χ1) is 9.67. The Bertz CT molecular complexity index is 435. The van der Waals surface area contributed by atoms with Crippen LogP contribution >= 0.6 is 11.3 Å². The molecule has 2 heterocycles. The van der Waals surface area contributed by atoms with Crippen molar-refractivity contribution in [3.8, 4) is 0 Å². The van der Waals surface area contributed by atoms with Gasteiger partial charge in [-0.25, -0.2) is 4.98 Å². The molecule has 2 rings (SSSR count). The fourth-order valence-corrected chi connectivity index (χ4v) is 3.38. The van der Waals surface area contributed by atoms with Gasteiger partial charge in [-0.1, -0.05) is 6.92 Å². The van der Waals surface area contributed by atoms with Crippen LogP contribution in [-0.4, -0.2) is 35.4 Å². The Hall–Kier alpha value is -1.14. The third kappa shape index (κ3) is 4.76. The van der Waals surface area contributed by atoms with E-state index in [4.69, 9.17) is 5.73 Å². The molecule has 0 aliphatic carbocycles. The Morgan fingerprint density at radius 1 is 1.65 bits per heavy atom. The van der Waals surface area contributed by atoms with Crippen LogP contribution in [0.5, 0.6) is 0 Å². The molecule has 1 aliphatic rings. The van der Waals surface area contributed by atoms with Crippen molar-refractivity contribution in [3.63, 3.8) is 0 Å². The average Bonchev–Trinajstić information content (AvgIpc) is 2.83. The highest BCUT2D eigenvalue weighted by atomic mass is 32.1. The Kier molecular flexibility index (Phi) is 5.79. The quantitative estimate of drug-likeness (QED) is 0.840. The highest BCUT2D eigenvalue weighted by Gasteiger charge is 2.20. The predicted molar refractivity (Wildman–Crippen MR) is 82.4 cm³/mol. The van der Waals surface area contributed by atoms with Gasteiger partial charge in [-0.2, -0.15) is 0 Å². The number of hydrogen-bond donors (Lipinski definition) is 2. The number of amides is 1. The van der Waals surface area contributed by atoms with E-state index in [1.807, 2.05) is 13.1 Å². The molecule has 1 aromatic rings. The number of rotatable bonds is 6. The second-order valence-electron chi connectivity index (χ2n) is 5.46. The summed E-state index contributed by atoms with van der Waals surface area (Å²) in [5.74, 6) is 0.745. The molecule has 6 heteroatoms. The first-order valence-corrected chi connectivity index (χ1v) is 8.18.